The molecule has 0 bridgehead atoms. The third kappa shape index (κ3) is 6.80. The second-order valence-electron chi connectivity index (χ2n) is 5.46. The van der Waals surface area contributed by atoms with Crippen LogP contribution in [-0.4, -0.2) is 42.6 Å². The number of sulfonamides is 1. The Morgan fingerprint density at radius 3 is 2.33 bits per heavy atom. The molecule has 0 heterocycles. The minimum absolute atomic E-state index is 0.0158. The zero-order chi connectivity index (χ0) is 14.4. The van der Waals surface area contributed by atoms with Crippen molar-refractivity contribution in [2.75, 3.05) is 18.8 Å². The first-order chi connectivity index (χ1) is 8.12. The van der Waals surface area contributed by atoms with Crippen LogP contribution in [0.2, 0.25) is 0 Å². The molecule has 0 spiro atoms. The van der Waals surface area contributed by atoms with E-state index in [0.717, 1.165) is 0 Å². The van der Waals surface area contributed by atoms with Crippen molar-refractivity contribution in [1.29, 1.82) is 0 Å². The Labute approximate surface area is 110 Å². The summed E-state index contributed by atoms with van der Waals surface area (Å²) in [5, 5.41) is 11.3. The molecule has 0 aromatic heterocycles. The van der Waals surface area contributed by atoms with E-state index < -0.39 is 10.0 Å². The van der Waals surface area contributed by atoms with Crippen LogP contribution >= 0.6 is 0 Å². The van der Waals surface area contributed by atoms with Gasteiger partial charge in [-0.05, 0) is 11.8 Å². The fourth-order valence-electron chi connectivity index (χ4n) is 1.35. The van der Waals surface area contributed by atoms with Gasteiger partial charge in [-0.2, -0.15) is 0 Å². The zero-order valence-electron chi connectivity index (χ0n) is 11.7. The van der Waals surface area contributed by atoms with Crippen molar-refractivity contribution >= 4 is 15.9 Å². The van der Waals surface area contributed by atoms with Crippen molar-refractivity contribution in [3.05, 3.63) is 0 Å². The van der Waals surface area contributed by atoms with Gasteiger partial charge in [-0.3, -0.25) is 0 Å². The molecule has 0 rings (SSSR count). The highest BCUT2D eigenvalue weighted by atomic mass is 32.2. The van der Waals surface area contributed by atoms with Crippen LogP contribution in [0.25, 0.3) is 0 Å². The summed E-state index contributed by atoms with van der Waals surface area (Å²) in [7, 11) is -3.27. The SMILES string of the molecule is CCN(CCC(N)=NO)S(=O)(=O)CCC(C)(C)C. The topological polar surface area (TPSA) is 96.0 Å². The molecule has 6 nitrogen and oxygen atoms in total. The molecule has 0 aliphatic carbocycles. The number of hydrogen-bond acceptors (Lipinski definition) is 4. The lowest BCUT2D eigenvalue weighted by Crippen LogP contribution is -2.36. The van der Waals surface area contributed by atoms with E-state index in [2.05, 4.69) is 5.16 Å². The van der Waals surface area contributed by atoms with E-state index in [1.165, 1.54) is 4.31 Å². The maximum atomic E-state index is 12.1. The molecule has 0 saturated carbocycles. The molecule has 0 aliphatic heterocycles. The quantitative estimate of drug-likeness (QED) is 0.317. The van der Waals surface area contributed by atoms with Crippen molar-refractivity contribution < 1.29 is 13.6 Å². The lowest BCUT2D eigenvalue weighted by atomic mass is 9.94. The molecule has 0 radical (unpaired) electrons. The Bertz CT molecular complexity index is 371. The Morgan fingerprint density at radius 1 is 1.39 bits per heavy atom. The molecule has 3 N–H and O–H groups in total. The van der Waals surface area contributed by atoms with Gasteiger partial charge in [-0.1, -0.05) is 32.9 Å². The number of hydrogen-bond donors (Lipinski definition) is 2. The molecule has 0 fully saturated rings. The van der Waals surface area contributed by atoms with Gasteiger partial charge < -0.3 is 10.9 Å². The molecule has 18 heavy (non-hydrogen) atoms. The van der Waals surface area contributed by atoms with E-state index >= 15 is 0 Å². The second-order valence-corrected chi connectivity index (χ2v) is 7.55. The maximum absolute atomic E-state index is 12.1. The standard InChI is InChI=1S/C11H25N3O3S/c1-5-14(8-6-10(12)13-15)18(16,17)9-7-11(2,3)4/h15H,5-9H2,1-4H3,(H2,12,13). The van der Waals surface area contributed by atoms with Gasteiger partial charge in [0.15, 0.2) is 0 Å². The summed E-state index contributed by atoms with van der Waals surface area (Å²) in [6.45, 7) is 8.45. The third-order valence-corrected chi connectivity index (χ3v) is 4.55. The molecule has 0 aliphatic rings. The lowest BCUT2D eigenvalue weighted by molar-refractivity contribution is 0.315. The first-order valence-corrected chi connectivity index (χ1v) is 7.67. The minimum atomic E-state index is -3.27. The maximum Gasteiger partial charge on any atom is 0.214 e. The number of amidine groups is 1. The monoisotopic (exact) mass is 279 g/mol. The molecular weight excluding hydrogens is 254 g/mol. The molecule has 0 aromatic carbocycles. The molecule has 0 saturated heterocycles. The molecule has 0 aromatic rings. The highest BCUT2D eigenvalue weighted by molar-refractivity contribution is 7.89. The number of nitrogens with two attached hydrogens (primary N) is 1. The summed E-state index contributed by atoms with van der Waals surface area (Å²) >= 11 is 0. The van der Waals surface area contributed by atoms with E-state index in [1.807, 2.05) is 20.8 Å². The van der Waals surface area contributed by atoms with Crippen LogP contribution in [0.1, 0.15) is 40.5 Å². The van der Waals surface area contributed by atoms with E-state index in [0.29, 0.717) is 13.0 Å². The highest BCUT2D eigenvalue weighted by Gasteiger charge is 2.23. The first-order valence-electron chi connectivity index (χ1n) is 6.06. The molecule has 108 valence electrons. The van der Waals surface area contributed by atoms with Crippen molar-refractivity contribution in [1.82, 2.24) is 4.31 Å². The predicted molar refractivity (Wildman–Crippen MR) is 73.1 cm³/mol. The van der Waals surface area contributed by atoms with E-state index in [9.17, 15) is 8.42 Å². The van der Waals surface area contributed by atoms with Crippen LogP contribution in [0.5, 0.6) is 0 Å². The minimum Gasteiger partial charge on any atom is -0.409 e. The van der Waals surface area contributed by atoms with Crippen LogP contribution in [-0.2, 0) is 10.0 Å². The highest BCUT2D eigenvalue weighted by Crippen LogP contribution is 2.20. The van der Waals surface area contributed by atoms with Gasteiger partial charge in [-0.25, -0.2) is 12.7 Å². The summed E-state index contributed by atoms with van der Waals surface area (Å²) < 4.78 is 25.6. The Morgan fingerprint density at radius 2 is 1.94 bits per heavy atom. The van der Waals surface area contributed by atoms with Crippen LogP contribution in [0.4, 0.5) is 0 Å². The largest absolute Gasteiger partial charge is 0.409 e. The molecule has 7 heteroatoms. The van der Waals surface area contributed by atoms with Crippen molar-refractivity contribution in [3.63, 3.8) is 0 Å². The van der Waals surface area contributed by atoms with Crippen LogP contribution in [0.3, 0.4) is 0 Å². The average Bonchev–Trinajstić information content (AvgIpc) is 2.26. The zero-order valence-corrected chi connectivity index (χ0v) is 12.5. The third-order valence-electron chi connectivity index (χ3n) is 2.60. The average molecular weight is 279 g/mol. The Balaban J connectivity index is 4.53. The summed E-state index contributed by atoms with van der Waals surface area (Å²) in [6, 6.07) is 0. The number of nitrogens with zero attached hydrogens (tertiary/aromatic N) is 2. The van der Waals surface area contributed by atoms with E-state index in [1.54, 1.807) is 6.92 Å². The van der Waals surface area contributed by atoms with Gasteiger partial charge >= 0.3 is 0 Å². The summed E-state index contributed by atoms with van der Waals surface area (Å²) in [5.74, 6) is 0.167. The second kappa shape index (κ2) is 6.94. The van der Waals surface area contributed by atoms with Crippen LogP contribution < -0.4 is 5.73 Å². The van der Waals surface area contributed by atoms with Crippen LogP contribution in [0.15, 0.2) is 5.16 Å². The van der Waals surface area contributed by atoms with Crippen molar-refractivity contribution in [2.24, 2.45) is 16.3 Å². The lowest BCUT2D eigenvalue weighted by Gasteiger charge is -2.23. The van der Waals surface area contributed by atoms with Gasteiger partial charge in [0.05, 0.1) is 5.75 Å². The smallest absolute Gasteiger partial charge is 0.214 e. The normalized spacial score (nSPS) is 14.2. The van der Waals surface area contributed by atoms with Crippen molar-refractivity contribution in [2.45, 2.75) is 40.5 Å². The van der Waals surface area contributed by atoms with Crippen LogP contribution in [0, 0.1) is 5.41 Å². The summed E-state index contributed by atoms with van der Waals surface area (Å²) in [4.78, 5) is 0. The molecule has 0 atom stereocenters. The van der Waals surface area contributed by atoms with E-state index in [-0.39, 0.29) is 30.0 Å². The predicted octanol–water partition coefficient (Wildman–Crippen LogP) is 1.21. The summed E-state index contributed by atoms with van der Waals surface area (Å²) in [6.07, 6.45) is 0.842. The molecular formula is C11H25N3O3S. The van der Waals surface area contributed by atoms with Gasteiger partial charge in [0.2, 0.25) is 10.0 Å². The molecule has 0 amide bonds. The number of rotatable bonds is 7. The summed E-state index contributed by atoms with van der Waals surface area (Å²) in [5.41, 5.74) is 5.33. The fraction of sp³-hybridized carbons (Fsp3) is 0.909. The Kier molecular flexibility index (Phi) is 6.62. The molecule has 0 unspecified atom stereocenters. The van der Waals surface area contributed by atoms with Gasteiger partial charge in [0.1, 0.15) is 5.84 Å². The fourth-order valence-corrected chi connectivity index (χ4v) is 3.24. The first kappa shape index (κ1) is 17.2. The van der Waals surface area contributed by atoms with E-state index in [4.69, 9.17) is 10.9 Å². The Hall–Kier alpha value is -0.820. The van der Waals surface area contributed by atoms with Gasteiger partial charge in [-0.15, -0.1) is 0 Å². The van der Waals surface area contributed by atoms with Gasteiger partial charge in [0, 0.05) is 19.5 Å². The van der Waals surface area contributed by atoms with Gasteiger partial charge in [0.25, 0.3) is 0 Å². The number of oxime groups is 1. The van der Waals surface area contributed by atoms with Crippen molar-refractivity contribution in [3.8, 4) is 0 Å².